The number of aromatic nitrogens is 1. The van der Waals surface area contributed by atoms with Crippen LogP contribution >= 0.6 is 35.3 Å². The first kappa shape index (κ1) is 23.1. The molecule has 1 amide bonds. The molecular weight excluding hydrogens is 437 g/mol. The number of nitrogens with one attached hydrogen (secondary N) is 3. The number of amides is 1. The molecule has 1 aromatic heterocycles. The Balaban J connectivity index is 0.00000529. The zero-order valence-corrected chi connectivity index (χ0v) is 18.6. The van der Waals surface area contributed by atoms with Crippen LogP contribution in [0.3, 0.4) is 0 Å². The monoisotopic (exact) mass is 467 g/mol. The molecule has 138 valence electrons. The molecule has 0 saturated carbocycles. The lowest BCUT2D eigenvalue weighted by Gasteiger charge is -2.20. The molecule has 1 heterocycles. The number of hydrogen-bond acceptors (Lipinski definition) is 4. The Labute approximate surface area is 166 Å². The van der Waals surface area contributed by atoms with Gasteiger partial charge in [0, 0.05) is 29.9 Å². The van der Waals surface area contributed by atoms with Crippen LogP contribution in [0, 0.1) is 13.8 Å². The van der Waals surface area contributed by atoms with Crippen molar-refractivity contribution >= 4 is 47.2 Å². The van der Waals surface area contributed by atoms with E-state index in [1.54, 1.807) is 11.3 Å². The number of carbonyl (C=O) groups is 1. The second-order valence-electron chi connectivity index (χ2n) is 6.42. The van der Waals surface area contributed by atoms with Gasteiger partial charge >= 0.3 is 0 Å². The third kappa shape index (κ3) is 9.41. The molecule has 6 nitrogen and oxygen atoms in total. The minimum absolute atomic E-state index is 0. The highest BCUT2D eigenvalue weighted by Crippen LogP contribution is 2.16. The largest absolute Gasteiger partial charge is 0.357 e. The molecule has 0 fully saturated rings. The van der Waals surface area contributed by atoms with Gasteiger partial charge in [-0.3, -0.25) is 4.79 Å². The van der Waals surface area contributed by atoms with Crippen molar-refractivity contribution < 1.29 is 4.79 Å². The SMILES string of the molecule is CCNC(=NCC(=O)NC(C)(C)C)NCCc1nc(C)c(C)s1.I. The summed E-state index contributed by atoms with van der Waals surface area (Å²) in [5.74, 6) is 0.572. The van der Waals surface area contributed by atoms with E-state index in [0.29, 0.717) is 5.96 Å². The third-order valence-corrected chi connectivity index (χ3v) is 4.08. The van der Waals surface area contributed by atoms with Gasteiger partial charge in [0.1, 0.15) is 6.54 Å². The second-order valence-corrected chi connectivity index (χ2v) is 7.71. The van der Waals surface area contributed by atoms with Crippen LogP contribution < -0.4 is 16.0 Å². The van der Waals surface area contributed by atoms with Crippen LogP contribution in [0.5, 0.6) is 0 Å². The van der Waals surface area contributed by atoms with Gasteiger partial charge in [0.05, 0.1) is 10.7 Å². The molecule has 24 heavy (non-hydrogen) atoms. The molecule has 8 heteroatoms. The number of aliphatic imine (C=N–C) groups is 1. The number of halogens is 1. The van der Waals surface area contributed by atoms with E-state index in [1.165, 1.54) is 4.88 Å². The van der Waals surface area contributed by atoms with Crippen LogP contribution in [0.4, 0.5) is 0 Å². The Morgan fingerprint density at radius 1 is 1.25 bits per heavy atom. The number of carbonyl (C=O) groups excluding carboxylic acids is 1. The van der Waals surface area contributed by atoms with E-state index in [4.69, 9.17) is 0 Å². The molecule has 0 spiro atoms. The van der Waals surface area contributed by atoms with Gasteiger partial charge in [-0.15, -0.1) is 35.3 Å². The van der Waals surface area contributed by atoms with Gasteiger partial charge in [0.15, 0.2) is 5.96 Å². The van der Waals surface area contributed by atoms with Crippen molar-refractivity contribution in [1.29, 1.82) is 0 Å². The summed E-state index contributed by atoms with van der Waals surface area (Å²) in [7, 11) is 0. The Bertz CT molecular complexity index is 532. The van der Waals surface area contributed by atoms with Crippen LogP contribution in [0.2, 0.25) is 0 Å². The first-order chi connectivity index (χ1) is 10.7. The predicted molar refractivity (Wildman–Crippen MR) is 113 cm³/mol. The number of nitrogens with zero attached hydrogens (tertiary/aromatic N) is 2. The van der Waals surface area contributed by atoms with Crippen LogP contribution in [0.25, 0.3) is 0 Å². The predicted octanol–water partition coefficient (Wildman–Crippen LogP) is 2.39. The average Bonchev–Trinajstić information content (AvgIpc) is 2.73. The van der Waals surface area contributed by atoms with Gasteiger partial charge in [-0.05, 0) is 41.5 Å². The summed E-state index contributed by atoms with van der Waals surface area (Å²) in [6.07, 6.45) is 0.845. The molecular formula is C16H30IN5OS. The van der Waals surface area contributed by atoms with Crippen molar-refractivity contribution in [3.05, 3.63) is 15.6 Å². The topological polar surface area (TPSA) is 78.4 Å². The fourth-order valence-corrected chi connectivity index (χ4v) is 2.82. The fraction of sp³-hybridized carbons (Fsp3) is 0.688. The van der Waals surface area contributed by atoms with E-state index in [2.05, 4.69) is 32.9 Å². The maximum absolute atomic E-state index is 11.8. The quantitative estimate of drug-likeness (QED) is 0.341. The van der Waals surface area contributed by atoms with Crippen molar-refractivity contribution in [1.82, 2.24) is 20.9 Å². The lowest BCUT2D eigenvalue weighted by molar-refractivity contribution is -0.121. The Morgan fingerprint density at radius 3 is 2.42 bits per heavy atom. The average molecular weight is 467 g/mol. The molecule has 3 N–H and O–H groups in total. The summed E-state index contributed by atoms with van der Waals surface area (Å²) in [4.78, 5) is 21.9. The van der Waals surface area contributed by atoms with Crippen molar-refractivity contribution in [3.63, 3.8) is 0 Å². The molecule has 1 rings (SSSR count). The van der Waals surface area contributed by atoms with E-state index < -0.39 is 0 Å². The molecule has 0 radical (unpaired) electrons. The van der Waals surface area contributed by atoms with Crippen LogP contribution in [0.1, 0.15) is 43.3 Å². The molecule has 0 aliphatic carbocycles. The summed E-state index contributed by atoms with van der Waals surface area (Å²) in [5, 5.41) is 10.4. The van der Waals surface area contributed by atoms with Crippen molar-refractivity contribution in [2.24, 2.45) is 4.99 Å². The molecule has 0 atom stereocenters. The van der Waals surface area contributed by atoms with Gasteiger partial charge in [-0.2, -0.15) is 0 Å². The van der Waals surface area contributed by atoms with Crippen LogP contribution in [0.15, 0.2) is 4.99 Å². The maximum Gasteiger partial charge on any atom is 0.242 e. The number of aryl methyl sites for hydroxylation is 2. The molecule has 0 aliphatic heterocycles. The van der Waals surface area contributed by atoms with Crippen molar-refractivity contribution in [2.45, 2.75) is 53.5 Å². The number of guanidine groups is 1. The third-order valence-electron chi connectivity index (χ3n) is 2.94. The smallest absolute Gasteiger partial charge is 0.242 e. The van der Waals surface area contributed by atoms with Crippen LogP contribution in [-0.2, 0) is 11.2 Å². The van der Waals surface area contributed by atoms with Gasteiger partial charge in [0.2, 0.25) is 5.91 Å². The zero-order valence-electron chi connectivity index (χ0n) is 15.4. The Kier molecular flexibility index (Phi) is 10.5. The summed E-state index contributed by atoms with van der Waals surface area (Å²) in [6.45, 7) is 13.6. The highest BCUT2D eigenvalue weighted by atomic mass is 127. The second kappa shape index (κ2) is 10.9. The number of thiazole rings is 1. The van der Waals surface area contributed by atoms with E-state index in [-0.39, 0.29) is 42.0 Å². The number of rotatable bonds is 6. The van der Waals surface area contributed by atoms with Crippen LogP contribution in [-0.4, -0.2) is 42.0 Å². The molecule has 0 unspecified atom stereocenters. The summed E-state index contributed by atoms with van der Waals surface area (Å²) in [5.41, 5.74) is 0.864. The lowest BCUT2D eigenvalue weighted by Crippen LogP contribution is -2.43. The van der Waals surface area contributed by atoms with E-state index >= 15 is 0 Å². The van der Waals surface area contributed by atoms with Gasteiger partial charge in [0.25, 0.3) is 0 Å². The molecule has 1 aromatic rings. The first-order valence-corrected chi connectivity index (χ1v) is 8.79. The molecule has 0 aromatic carbocycles. The molecule has 0 bridgehead atoms. The minimum Gasteiger partial charge on any atom is -0.357 e. The molecule has 0 saturated heterocycles. The van der Waals surface area contributed by atoms with Crippen molar-refractivity contribution in [2.75, 3.05) is 19.6 Å². The Morgan fingerprint density at radius 2 is 1.92 bits per heavy atom. The summed E-state index contributed by atoms with van der Waals surface area (Å²) < 4.78 is 0. The zero-order chi connectivity index (χ0) is 17.5. The van der Waals surface area contributed by atoms with E-state index in [9.17, 15) is 4.79 Å². The van der Waals surface area contributed by atoms with Gasteiger partial charge in [-0.1, -0.05) is 0 Å². The summed E-state index contributed by atoms with van der Waals surface area (Å²) in [6, 6.07) is 0. The summed E-state index contributed by atoms with van der Waals surface area (Å²) >= 11 is 1.73. The number of hydrogen-bond donors (Lipinski definition) is 3. The lowest BCUT2D eigenvalue weighted by atomic mass is 10.1. The molecule has 0 aliphatic rings. The minimum atomic E-state index is -0.237. The van der Waals surface area contributed by atoms with Gasteiger partial charge < -0.3 is 16.0 Å². The van der Waals surface area contributed by atoms with Gasteiger partial charge in [-0.25, -0.2) is 9.98 Å². The van der Waals surface area contributed by atoms with E-state index in [0.717, 1.165) is 30.2 Å². The van der Waals surface area contributed by atoms with Crippen molar-refractivity contribution in [3.8, 4) is 0 Å². The standard InChI is InChI=1S/C16H29N5OS.HI/c1-7-17-15(19-10-13(22)21-16(4,5)6)18-9-8-14-20-11(2)12(3)23-14;/h7-10H2,1-6H3,(H,21,22)(H2,17,18,19);1H. The fourth-order valence-electron chi connectivity index (χ4n) is 1.88. The highest BCUT2D eigenvalue weighted by molar-refractivity contribution is 14.0. The van der Waals surface area contributed by atoms with E-state index in [1.807, 2.05) is 34.6 Å². The Hall–Kier alpha value is -0.900. The maximum atomic E-state index is 11.8. The normalized spacial score (nSPS) is 11.7. The highest BCUT2D eigenvalue weighted by Gasteiger charge is 2.13. The first-order valence-electron chi connectivity index (χ1n) is 7.97.